The predicted molar refractivity (Wildman–Crippen MR) is 45.8 cm³/mol. The molecule has 0 saturated heterocycles. The van der Waals surface area contributed by atoms with Gasteiger partial charge in [-0.25, -0.2) is 4.98 Å². The first-order valence-electron chi connectivity index (χ1n) is 2.44. The maximum atomic E-state index is 4.12. The fourth-order valence-corrected chi connectivity index (χ4v) is 2.13. The number of hydrogen-bond acceptors (Lipinski definition) is 2. The lowest BCUT2D eigenvalue weighted by Crippen LogP contribution is -1.78. The van der Waals surface area contributed by atoms with E-state index >= 15 is 0 Å². The lowest BCUT2D eigenvalue weighted by atomic mass is 10.9. The zero-order chi connectivity index (χ0) is 6.27. The molecule has 0 fully saturated rings. The average molecular weight is 250 g/mol. The molecular weight excluding hydrogens is 247 g/mol. The summed E-state index contributed by atoms with van der Waals surface area (Å²) in [5, 5.41) is 2.05. The summed E-state index contributed by atoms with van der Waals surface area (Å²) in [7, 11) is 0. The van der Waals surface area contributed by atoms with Gasteiger partial charge in [-0.1, -0.05) is 0 Å². The first-order chi connectivity index (χ1) is 4.38. The van der Waals surface area contributed by atoms with E-state index in [1.54, 1.807) is 11.3 Å². The minimum absolute atomic E-state index is 1.03. The summed E-state index contributed by atoms with van der Waals surface area (Å²) in [6.45, 7) is 0. The Balaban J connectivity index is 2.99. The minimum atomic E-state index is 1.03. The summed E-state index contributed by atoms with van der Waals surface area (Å²) < 4.78 is 3.09. The summed E-state index contributed by atoms with van der Waals surface area (Å²) in [5.74, 6) is 0. The van der Waals surface area contributed by atoms with Gasteiger partial charge in [0.15, 0.2) is 3.83 Å². The summed E-state index contributed by atoms with van der Waals surface area (Å²) >= 11 is 3.91. The van der Waals surface area contributed by atoms with Crippen molar-refractivity contribution in [1.82, 2.24) is 9.38 Å². The molecule has 46 valence electrons. The highest BCUT2D eigenvalue weighted by molar-refractivity contribution is 14.1. The number of hydrogen-bond donors (Lipinski definition) is 0. The Morgan fingerprint density at radius 2 is 2.56 bits per heavy atom. The van der Waals surface area contributed by atoms with Gasteiger partial charge in [-0.2, -0.15) is 0 Å². The van der Waals surface area contributed by atoms with Gasteiger partial charge in [0.2, 0.25) is 0 Å². The second-order valence-corrected chi connectivity index (χ2v) is 3.53. The van der Waals surface area contributed by atoms with Crippen LogP contribution in [0, 0.1) is 3.83 Å². The maximum absolute atomic E-state index is 4.12. The van der Waals surface area contributed by atoms with Crippen LogP contribution in [0.2, 0.25) is 0 Å². The van der Waals surface area contributed by atoms with Crippen molar-refractivity contribution in [2.45, 2.75) is 0 Å². The van der Waals surface area contributed by atoms with Gasteiger partial charge in [0.25, 0.3) is 0 Å². The third-order valence-electron chi connectivity index (χ3n) is 1.12. The second-order valence-electron chi connectivity index (χ2n) is 1.64. The van der Waals surface area contributed by atoms with Crippen molar-refractivity contribution in [3.8, 4) is 0 Å². The van der Waals surface area contributed by atoms with Crippen LogP contribution in [-0.4, -0.2) is 9.38 Å². The molecule has 2 aromatic rings. The molecule has 2 rings (SSSR count). The topological polar surface area (TPSA) is 17.3 Å². The highest BCUT2D eigenvalue weighted by atomic mass is 127. The Kier molecular flexibility index (Phi) is 1.23. The monoisotopic (exact) mass is 250 g/mol. The summed E-state index contributed by atoms with van der Waals surface area (Å²) in [6, 6.07) is 0. The lowest BCUT2D eigenvalue weighted by molar-refractivity contribution is 1.11. The van der Waals surface area contributed by atoms with Crippen molar-refractivity contribution in [2.75, 3.05) is 0 Å². The number of fused-ring (bicyclic) bond motifs is 1. The van der Waals surface area contributed by atoms with Crippen molar-refractivity contribution in [1.29, 1.82) is 0 Å². The van der Waals surface area contributed by atoms with Gasteiger partial charge < -0.3 is 0 Å². The van der Waals surface area contributed by atoms with Crippen molar-refractivity contribution in [3.05, 3.63) is 21.6 Å². The number of rotatable bonds is 0. The molecule has 9 heavy (non-hydrogen) atoms. The van der Waals surface area contributed by atoms with Gasteiger partial charge in [-0.05, 0) is 0 Å². The van der Waals surface area contributed by atoms with Crippen LogP contribution in [-0.2, 0) is 0 Å². The van der Waals surface area contributed by atoms with Gasteiger partial charge in [0, 0.05) is 34.2 Å². The molecule has 0 unspecified atom stereocenters. The van der Waals surface area contributed by atoms with Crippen LogP contribution in [0.4, 0.5) is 0 Å². The molecule has 0 atom stereocenters. The predicted octanol–water partition coefficient (Wildman–Crippen LogP) is 2.00. The number of aromatic nitrogens is 2. The van der Waals surface area contributed by atoms with Crippen LogP contribution in [0.25, 0.3) is 4.83 Å². The highest BCUT2D eigenvalue weighted by Crippen LogP contribution is 2.13. The molecule has 0 aliphatic rings. The van der Waals surface area contributed by atoms with E-state index in [1.807, 2.05) is 12.4 Å². The normalized spacial score (nSPS) is 10.8. The Morgan fingerprint density at radius 1 is 1.67 bits per heavy atom. The molecule has 0 saturated carbocycles. The molecule has 2 aromatic heterocycles. The van der Waals surface area contributed by atoms with Crippen molar-refractivity contribution >= 4 is 38.8 Å². The molecule has 0 spiro atoms. The Labute approximate surface area is 69.7 Å². The van der Waals surface area contributed by atoms with Crippen LogP contribution < -0.4 is 0 Å². The standard InChI is InChI=1S/C5H3IN2S/c6-5-7-3-4-8(5)1-2-9-4/h1-3H. The fraction of sp³-hybridized carbons (Fsp3) is 0. The molecule has 0 N–H and O–H groups in total. The second kappa shape index (κ2) is 1.95. The zero-order valence-corrected chi connectivity index (χ0v) is 7.39. The first kappa shape index (κ1) is 5.67. The Bertz CT molecular complexity index is 324. The van der Waals surface area contributed by atoms with Crippen LogP contribution in [0.15, 0.2) is 17.8 Å². The Hall–Kier alpha value is -0.100. The van der Waals surface area contributed by atoms with E-state index < -0.39 is 0 Å². The van der Waals surface area contributed by atoms with E-state index in [0.29, 0.717) is 0 Å². The van der Waals surface area contributed by atoms with Gasteiger partial charge in [-0.3, -0.25) is 4.40 Å². The molecule has 0 aliphatic heterocycles. The highest BCUT2D eigenvalue weighted by Gasteiger charge is 1.97. The number of imidazole rings is 1. The zero-order valence-electron chi connectivity index (χ0n) is 4.41. The minimum Gasteiger partial charge on any atom is -0.286 e. The maximum Gasteiger partial charge on any atom is 0.176 e. The SMILES string of the molecule is Ic1ncc2sccn12. The van der Waals surface area contributed by atoms with E-state index in [1.165, 1.54) is 4.83 Å². The molecule has 0 bridgehead atoms. The average Bonchev–Trinajstić information content (AvgIpc) is 2.35. The number of halogens is 1. The van der Waals surface area contributed by atoms with E-state index in [2.05, 4.69) is 37.4 Å². The molecule has 0 aliphatic carbocycles. The summed E-state index contributed by atoms with van der Waals surface area (Å²) in [4.78, 5) is 5.32. The molecule has 2 heterocycles. The first-order valence-corrected chi connectivity index (χ1v) is 4.40. The van der Waals surface area contributed by atoms with Crippen LogP contribution in [0.5, 0.6) is 0 Å². The van der Waals surface area contributed by atoms with E-state index in [-0.39, 0.29) is 0 Å². The van der Waals surface area contributed by atoms with E-state index in [0.717, 1.165) is 3.83 Å². The Morgan fingerprint density at radius 3 is 3.33 bits per heavy atom. The van der Waals surface area contributed by atoms with Gasteiger partial charge >= 0.3 is 0 Å². The third-order valence-corrected chi connectivity index (χ3v) is 2.72. The van der Waals surface area contributed by atoms with Gasteiger partial charge in [0.1, 0.15) is 4.83 Å². The van der Waals surface area contributed by atoms with Crippen LogP contribution >= 0.6 is 33.9 Å². The van der Waals surface area contributed by atoms with E-state index in [4.69, 9.17) is 0 Å². The fourth-order valence-electron chi connectivity index (χ4n) is 0.707. The molecule has 0 radical (unpaired) electrons. The number of thiazole rings is 1. The number of nitrogens with zero attached hydrogens (tertiary/aromatic N) is 2. The van der Waals surface area contributed by atoms with Crippen LogP contribution in [0.1, 0.15) is 0 Å². The summed E-state index contributed by atoms with van der Waals surface area (Å²) in [6.07, 6.45) is 3.90. The molecule has 2 nitrogen and oxygen atoms in total. The van der Waals surface area contributed by atoms with Crippen molar-refractivity contribution < 1.29 is 0 Å². The van der Waals surface area contributed by atoms with Crippen molar-refractivity contribution in [3.63, 3.8) is 0 Å². The lowest BCUT2D eigenvalue weighted by Gasteiger charge is -1.79. The molecule has 4 heteroatoms. The van der Waals surface area contributed by atoms with Gasteiger partial charge in [-0.15, -0.1) is 11.3 Å². The molecular formula is C5H3IN2S. The quantitative estimate of drug-likeness (QED) is 0.653. The van der Waals surface area contributed by atoms with E-state index in [9.17, 15) is 0 Å². The molecule has 0 amide bonds. The van der Waals surface area contributed by atoms with Crippen LogP contribution in [0.3, 0.4) is 0 Å². The van der Waals surface area contributed by atoms with Gasteiger partial charge in [0.05, 0.1) is 6.20 Å². The largest absolute Gasteiger partial charge is 0.286 e. The van der Waals surface area contributed by atoms with Crippen molar-refractivity contribution in [2.24, 2.45) is 0 Å². The molecule has 0 aromatic carbocycles. The third kappa shape index (κ3) is 0.770. The smallest absolute Gasteiger partial charge is 0.176 e. The summed E-state index contributed by atoms with van der Waals surface area (Å²) in [5.41, 5.74) is 0.